The third kappa shape index (κ3) is 7.06. The minimum atomic E-state index is -5.18. The van der Waals surface area contributed by atoms with Gasteiger partial charge in [-0.1, -0.05) is 36.4 Å². The molecule has 0 aromatic heterocycles. The second-order valence-corrected chi connectivity index (χ2v) is 10.2. The smallest absolute Gasteiger partial charge is 0.360 e. The van der Waals surface area contributed by atoms with Gasteiger partial charge in [-0.2, -0.15) is 18.4 Å². The van der Waals surface area contributed by atoms with Crippen molar-refractivity contribution >= 4 is 21.9 Å². The van der Waals surface area contributed by atoms with Gasteiger partial charge in [-0.25, -0.2) is 17.9 Å². The highest BCUT2D eigenvalue weighted by Gasteiger charge is 2.44. The van der Waals surface area contributed by atoms with E-state index < -0.39 is 40.0 Å². The van der Waals surface area contributed by atoms with Crippen molar-refractivity contribution in [1.29, 1.82) is 5.26 Å². The first-order valence-electron chi connectivity index (χ1n) is 11.3. The fraction of sp³-hybridized carbons (Fsp3) is 0.375. The van der Waals surface area contributed by atoms with Crippen molar-refractivity contribution in [2.24, 2.45) is 0 Å². The number of hydrogen-bond donors (Lipinski definition) is 2. The molecule has 2 aromatic rings. The number of carbonyl (C=O) groups excluding carboxylic acids is 2. The van der Waals surface area contributed by atoms with Gasteiger partial charge >= 0.3 is 12.1 Å². The van der Waals surface area contributed by atoms with Crippen LogP contribution in [0.15, 0.2) is 53.4 Å². The van der Waals surface area contributed by atoms with Crippen LogP contribution >= 0.6 is 0 Å². The van der Waals surface area contributed by atoms with Crippen molar-refractivity contribution in [2.75, 3.05) is 20.1 Å². The molecule has 3 rings (SSSR count). The van der Waals surface area contributed by atoms with Gasteiger partial charge in [0, 0.05) is 13.1 Å². The summed E-state index contributed by atoms with van der Waals surface area (Å²) in [6.07, 6.45) is -3.93. The first kappa shape index (κ1) is 28.1. The minimum absolute atomic E-state index is 0.00901. The summed E-state index contributed by atoms with van der Waals surface area (Å²) in [5, 5.41) is 12.9. The molecular formula is C24H25F3N4O5S. The summed E-state index contributed by atoms with van der Waals surface area (Å²) in [5.74, 6) is -3.76. The van der Waals surface area contributed by atoms with Crippen LogP contribution in [0.25, 0.3) is 11.1 Å². The largest absolute Gasteiger partial charge is 0.492 e. The van der Waals surface area contributed by atoms with Gasteiger partial charge in [-0.15, -0.1) is 5.06 Å². The Morgan fingerprint density at radius 1 is 1.11 bits per heavy atom. The number of amides is 1. The molecule has 198 valence electrons. The quantitative estimate of drug-likeness (QED) is 0.529. The SMILES string of the molecule is CNS(=O)(=O)c1ccc(-c2ccc([C@@H](C#N)CNC(=O)[C@@H]3CCCCN3OC(=O)C(F)(F)F)cc2)cc1. The number of alkyl halides is 3. The monoisotopic (exact) mass is 538 g/mol. The molecule has 1 aliphatic rings. The maximum Gasteiger partial charge on any atom is 0.492 e. The van der Waals surface area contributed by atoms with E-state index in [2.05, 4.69) is 20.9 Å². The van der Waals surface area contributed by atoms with Crippen LogP contribution in [0.3, 0.4) is 0 Å². The van der Waals surface area contributed by atoms with E-state index in [9.17, 15) is 36.4 Å². The summed E-state index contributed by atoms with van der Waals surface area (Å²) in [4.78, 5) is 28.4. The van der Waals surface area contributed by atoms with E-state index in [1.165, 1.54) is 19.2 Å². The average molecular weight is 539 g/mol. The zero-order chi connectivity index (χ0) is 27.2. The first-order chi connectivity index (χ1) is 17.5. The van der Waals surface area contributed by atoms with Crippen LogP contribution in [0.1, 0.15) is 30.7 Å². The second-order valence-electron chi connectivity index (χ2n) is 8.31. The van der Waals surface area contributed by atoms with E-state index in [1.54, 1.807) is 36.4 Å². The lowest BCUT2D eigenvalue weighted by Gasteiger charge is -2.32. The van der Waals surface area contributed by atoms with E-state index >= 15 is 0 Å². The fourth-order valence-corrected chi connectivity index (χ4v) is 4.58. The molecule has 13 heteroatoms. The molecule has 2 N–H and O–H groups in total. The Kier molecular flexibility index (Phi) is 8.90. The number of hydroxylamine groups is 2. The second kappa shape index (κ2) is 11.7. The van der Waals surface area contributed by atoms with Crippen molar-refractivity contribution in [3.63, 3.8) is 0 Å². The Balaban J connectivity index is 1.64. The number of rotatable bonds is 8. The van der Waals surface area contributed by atoms with E-state index in [0.717, 1.165) is 16.2 Å². The zero-order valence-corrected chi connectivity index (χ0v) is 20.6. The van der Waals surface area contributed by atoms with Crippen LogP contribution in [0.2, 0.25) is 0 Å². The third-order valence-electron chi connectivity index (χ3n) is 5.90. The maximum absolute atomic E-state index is 12.7. The number of nitrogens with one attached hydrogen (secondary N) is 2. The van der Waals surface area contributed by atoms with Gasteiger partial charge in [-0.05, 0) is 55.1 Å². The molecular weight excluding hydrogens is 513 g/mol. The molecule has 0 spiro atoms. The lowest BCUT2D eigenvalue weighted by atomic mass is 9.96. The number of nitrogens with zero attached hydrogens (tertiary/aromatic N) is 2. The molecule has 37 heavy (non-hydrogen) atoms. The first-order valence-corrected chi connectivity index (χ1v) is 12.8. The number of hydrogen-bond acceptors (Lipinski definition) is 7. The number of nitriles is 1. The highest BCUT2D eigenvalue weighted by Crippen LogP contribution is 2.25. The predicted octanol–water partition coefficient (Wildman–Crippen LogP) is 2.86. The number of halogens is 3. The lowest BCUT2D eigenvalue weighted by molar-refractivity contribution is -0.248. The van der Waals surface area contributed by atoms with E-state index in [1.807, 2.05) is 0 Å². The van der Waals surface area contributed by atoms with Gasteiger partial charge in [0.2, 0.25) is 15.9 Å². The molecule has 1 saturated heterocycles. The molecule has 0 unspecified atom stereocenters. The lowest BCUT2D eigenvalue weighted by Crippen LogP contribution is -2.51. The zero-order valence-electron chi connectivity index (χ0n) is 19.8. The van der Waals surface area contributed by atoms with Crippen LogP contribution in [0.4, 0.5) is 13.2 Å². The summed E-state index contributed by atoms with van der Waals surface area (Å²) in [5.41, 5.74) is 2.14. The van der Waals surface area contributed by atoms with E-state index in [-0.39, 0.29) is 24.4 Å². The Labute approximate surface area is 212 Å². The van der Waals surface area contributed by atoms with Crippen LogP contribution in [-0.2, 0) is 24.4 Å². The molecule has 0 radical (unpaired) electrons. The maximum atomic E-state index is 12.7. The van der Waals surface area contributed by atoms with Crippen molar-refractivity contribution in [1.82, 2.24) is 15.1 Å². The molecule has 2 aromatic carbocycles. The number of sulfonamides is 1. The molecule has 2 atom stereocenters. The normalized spacial score (nSPS) is 17.4. The Morgan fingerprint density at radius 3 is 2.24 bits per heavy atom. The standard InChI is InChI=1S/C24H25F3N4O5S/c1-29-37(34,35)20-11-9-17(10-12-20)16-5-7-18(8-6-16)19(14-28)15-30-22(32)21-4-2-3-13-31(21)36-23(33)24(25,26)27/h5-12,19,21,29H,2-4,13,15H2,1H3,(H,30,32)/t19-,21-/m0/s1. The van der Waals surface area contributed by atoms with Crippen LogP contribution in [0, 0.1) is 11.3 Å². The molecule has 1 aliphatic heterocycles. The van der Waals surface area contributed by atoms with Gasteiger partial charge in [0.1, 0.15) is 6.04 Å². The van der Waals surface area contributed by atoms with Gasteiger partial charge in [0.25, 0.3) is 0 Å². The summed E-state index contributed by atoms with van der Waals surface area (Å²) in [7, 11) is -2.23. The fourth-order valence-electron chi connectivity index (χ4n) is 3.85. The highest BCUT2D eigenvalue weighted by atomic mass is 32.2. The van der Waals surface area contributed by atoms with Gasteiger partial charge in [0.15, 0.2) is 0 Å². The van der Waals surface area contributed by atoms with Crippen LogP contribution in [0.5, 0.6) is 0 Å². The molecule has 0 saturated carbocycles. The van der Waals surface area contributed by atoms with Gasteiger partial charge in [-0.3, -0.25) is 4.79 Å². The summed E-state index contributed by atoms with van der Waals surface area (Å²) in [6, 6.07) is 14.2. The van der Waals surface area contributed by atoms with Crippen molar-refractivity contribution in [3.8, 4) is 17.2 Å². The van der Waals surface area contributed by atoms with E-state index in [0.29, 0.717) is 18.4 Å². The number of piperidine rings is 1. The minimum Gasteiger partial charge on any atom is -0.360 e. The van der Waals surface area contributed by atoms with Gasteiger partial charge < -0.3 is 10.2 Å². The summed E-state index contributed by atoms with van der Waals surface area (Å²) >= 11 is 0. The Bertz CT molecular complexity index is 1260. The van der Waals surface area contributed by atoms with Crippen molar-refractivity contribution < 1.29 is 36.0 Å². The van der Waals surface area contributed by atoms with Crippen molar-refractivity contribution in [3.05, 3.63) is 54.1 Å². The molecule has 1 heterocycles. The number of carbonyl (C=O) groups is 2. The predicted molar refractivity (Wildman–Crippen MR) is 126 cm³/mol. The summed E-state index contributed by atoms with van der Waals surface area (Å²) in [6.45, 7) is -0.103. The third-order valence-corrected chi connectivity index (χ3v) is 7.33. The highest BCUT2D eigenvalue weighted by molar-refractivity contribution is 7.89. The van der Waals surface area contributed by atoms with Crippen LogP contribution in [-0.4, -0.2) is 57.7 Å². The van der Waals surface area contributed by atoms with Gasteiger partial charge in [0.05, 0.1) is 16.9 Å². The molecule has 0 bridgehead atoms. The topological polar surface area (TPSA) is 129 Å². The Morgan fingerprint density at radius 2 is 1.70 bits per heavy atom. The molecule has 1 fully saturated rings. The molecule has 9 nitrogen and oxygen atoms in total. The molecule has 1 amide bonds. The van der Waals surface area contributed by atoms with Crippen molar-refractivity contribution in [2.45, 2.75) is 42.3 Å². The average Bonchev–Trinajstić information content (AvgIpc) is 2.89. The molecule has 0 aliphatic carbocycles. The Hall–Kier alpha value is -3.47. The van der Waals surface area contributed by atoms with E-state index in [4.69, 9.17) is 0 Å². The summed E-state index contributed by atoms with van der Waals surface area (Å²) < 4.78 is 63.7. The number of benzene rings is 2. The van der Waals surface area contributed by atoms with Crippen LogP contribution < -0.4 is 10.0 Å².